The maximum atomic E-state index is 6.04. The fourth-order valence-corrected chi connectivity index (χ4v) is 2.32. The van der Waals surface area contributed by atoms with E-state index in [-0.39, 0.29) is 6.04 Å². The summed E-state index contributed by atoms with van der Waals surface area (Å²) in [5, 5.41) is 0. The average Bonchev–Trinajstić information content (AvgIpc) is 2.93. The standard InChI is InChI=1S/C17H24N2O/c1-4-16(18)10-15-5-6-17(9-13(15)2)19(3)11-14-7-8-20-12-14/h5-9,12,16H,4,10-11,18H2,1-3H3. The number of anilines is 1. The summed E-state index contributed by atoms with van der Waals surface area (Å²) in [5.41, 5.74) is 11.1. The lowest BCUT2D eigenvalue weighted by atomic mass is 9.99. The predicted molar refractivity (Wildman–Crippen MR) is 84.0 cm³/mol. The lowest BCUT2D eigenvalue weighted by Crippen LogP contribution is -2.22. The molecule has 108 valence electrons. The summed E-state index contributed by atoms with van der Waals surface area (Å²) in [6, 6.07) is 8.86. The molecule has 0 aliphatic rings. The third-order valence-corrected chi connectivity index (χ3v) is 3.77. The largest absolute Gasteiger partial charge is 0.472 e. The van der Waals surface area contributed by atoms with Gasteiger partial charge >= 0.3 is 0 Å². The summed E-state index contributed by atoms with van der Waals surface area (Å²) in [5.74, 6) is 0. The van der Waals surface area contributed by atoms with E-state index in [0.717, 1.165) is 19.4 Å². The molecule has 20 heavy (non-hydrogen) atoms. The molecule has 1 heterocycles. The lowest BCUT2D eigenvalue weighted by molar-refractivity contribution is 0.563. The van der Waals surface area contributed by atoms with Gasteiger partial charge in [0.1, 0.15) is 0 Å². The van der Waals surface area contributed by atoms with Crippen molar-refractivity contribution in [2.75, 3.05) is 11.9 Å². The van der Waals surface area contributed by atoms with E-state index >= 15 is 0 Å². The Kier molecular flexibility index (Phi) is 4.85. The molecule has 0 spiro atoms. The molecule has 0 saturated heterocycles. The van der Waals surface area contributed by atoms with Gasteiger partial charge in [-0.2, -0.15) is 0 Å². The molecular weight excluding hydrogens is 248 g/mol. The molecular formula is C17H24N2O. The number of hydrogen-bond donors (Lipinski definition) is 1. The van der Waals surface area contributed by atoms with Gasteiger partial charge in [-0.15, -0.1) is 0 Å². The molecule has 0 saturated carbocycles. The molecule has 2 rings (SSSR count). The van der Waals surface area contributed by atoms with Crippen LogP contribution in [0.25, 0.3) is 0 Å². The zero-order valence-corrected chi connectivity index (χ0v) is 12.6. The van der Waals surface area contributed by atoms with Crippen LogP contribution in [0.1, 0.15) is 30.0 Å². The van der Waals surface area contributed by atoms with Gasteiger partial charge in [0.25, 0.3) is 0 Å². The van der Waals surface area contributed by atoms with Crippen LogP contribution in [0.4, 0.5) is 5.69 Å². The van der Waals surface area contributed by atoms with Crippen LogP contribution in [0.5, 0.6) is 0 Å². The first-order valence-electron chi connectivity index (χ1n) is 7.17. The molecule has 1 aromatic carbocycles. The number of benzene rings is 1. The van der Waals surface area contributed by atoms with Crippen molar-refractivity contribution >= 4 is 5.69 Å². The normalized spacial score (nSPS) is 12.4. The van der Waals surface area contributed by atoms with Gasteiger partial charge < -0.3 is 15.1 Å². The number of nitrogens with zero attached hydrogens (tertiary/aromatic N) is 1. The summed E-state index contributed by atoms with van der Waals surface area (Å²) in [6.45, 7) is 5.14. The Morgan fingerprint density at radius 3 is 2.70 bits per heavy atom. The van der Waals surface area contributed by atoms with E-state index in [1.807, 2.05) is 6.07 Å². The molecule has 1 unspecified atom stereocenters. The van der Waals surface area contributed by atoms with Crippen LogP contribution >= 0.6 is 0 Å². The summed E-state index contributed by atoms with van der Waals surface area (Å²) < 4.78 is 5.11. The van der Waals surface area contributed by atoms with Crippen molar-refractivity contribution < 1.29 is 4.42 Å². The Labute approximate surface area is 121 Å². The first-order valence-corrected chi connectivity index (χ1v) is 7.17. The highest BCUT2D eigenvalue weighted by atomic mass is 16.3. The molecule has 0 fully saturated rings. The smallest absolute Gasteiger partial charge is 0.0952 e. The molecule has 3 heteroatoms. The van der Waals surface area contributed by atoms with E-state index in [9.17, 15) is 0 Å². The van der Waals surface area contributed by atoms with Gasteiger partial charge in [0, 0.05) is 30.9 Å². The highest BCUT2D eigenvalue weighted by Crippen LogP contribution is 2.21. The number of aryl methyl sites for hydroxylation is 1. The van der Waals surface area contributed by atoms with Crippen LogP contribution in [0.3, 0.4) is 0 Å². The summed E-state index contributed by atoms with van der Waals surface area (Å²) in [4.78, 5) is 2.22. The minimum atomic E-state index is 0.253. The van der Waals surface area contributed by atoms with E-state index in [2.05, 4.69) is 44.0 Å². The molecule has 2 aromatic rings. The number of furan rings is 1. The maximum absolute atomic E-state index is 6.04. The van der Waals surface area contributed by atoms with Gasteiger partial charge in [0.2, 0.25) is 0 Å². The van der Waals surface area contributed by atoms with E-state index in [1.165, 1.54) is 22.4 Å². The van der Waals surface area contributed by atoms with Gasteiger partial charge in [0.05, 0.1) is 12.5 Å². The van der Waals surface area contributed by atoms with Crippen molar-refractivity contribution in [2.24, 2.45) is 5.73 Å². The zero-order valence-electron chi connectivity index (χ0n) is 12.6. The third kappa shape index (κ3) is 3.64. The van der Waals surface area contributed by atoms with Crippen LogP contribution in [0, 0.1) is 6.92 Å². The van der Waals surface area contributed by atoms with Crippen molar-refractivity contribution in [2.45, 2.75) is 39.3 Å². The highest BCUT2D eigenvalue weighted by Gasteiger charge is 2.08. The Balaban J connectivity index is 2.08. The summed E-state index contributed by atoms with van der Waals surface area (Å²) >= 11 is 0. The molecule has 1 aromatic heterocycles. The van der Waals surface area contributed by atoms with Gasteiger partial charge in [0.15, 0.2) is 0 Å². The van der Waals surface area contributed by atoms with Gasteiger partial charge in [-0.3, -0.25) is 0 Å². The third-order valence-electron chi connectivity index (χ3n) is 3.77. The molecule has 2 N–H and O–H groups in total. The van der Waals surface area contributed by atoms with E-state index in [1.54, 1.807) is 12.5 Å². The number of nitrogens with two attached hydrogens (primary N) is 1. The van der Waals surface area contributed by atoms with Crippen LogP contribution in [0.2, 0.25) is 0 Å². The Bertz CT molecular complexity index is 534. The second kappa shape index (κ2) is 6.62. The van der Waals surface area contributed by atoms with E-state index < -0.39 is 0 Å². The molecule has 0 aliphatic carbocycles. The monoisotopic (exact) mass is 272 g/mol. The number of hydrogen-bond acceptors (Lipinski definition) is 3. The summed E-state index contributed by atoms with van der Waals surface area (Å²) in [7, 11) is 2.10. The van der Waals surface area contributed by atoms with E-state index in [0.29, 0.717) is 0 Å². The fraction of sp³-hybridized carbons (Fsp3) is 0.412. The van der Waals surface area contributed by atoms with Crippen LogP contribution < -0.4 is 10.6 Å². The SMILES string of the molecule is CCC(N)Cc1ccc(N(C)Cc2ccoc2)cc1C. The van der Waals surface area contributed by atoms with Crippen LogP contribution in [-0.2, 0) is 13.0 Å². The van der Waals surface area contributed by atoms with Gasteiger partial charge in [-0.05, 0) is 49.1 Å². The molecule has 0 aliphatic heterocycles. The van der Waals surface area contributed by atoms with Gasteiger partial charge in [-0.1, -0.05) is 13.0 Å². The van der Waals surface area contributed by atoms with Crippen molar-refractivity contribution in [3.63, 3.8) is 0 Å². The highest BCUT2D eigenvalue weighted by molar-refractivity contribution is 5.50. The average molecular weight is 272 g/mol. The second-order valence-corrected chi connectivity index (χ2v) is 5.47. The lowest BCUT2D eigenvalue weighted by Gasteiger charge is -2.20. The fourth-order valence-electron chi connectivity index (χ4n) is 2.32. The minimum Gasteiger partial charge on any atom is -0.472 e. The quantitative estimate of drug-likeness (QED) is 0.875. The van der Waals surface area contributed by atoms with Crippen LogP contribution in [0.15, 0.2) is 41.2 Å². The minimum absolute atomic E-state index is 0.253. The molecule has 1 atom stereocenters. The summed E-state index contributed by atoms with van der Waals surface area (Å²) in [6.07, 6.45) is 5.47. The van der Waals surface area contributed by atoms with Gasteiger partial charge in [-0.25, -0.2) is 0 Å². The molecule has 3 nitrogen and oxygen atoms in total. The Hall–Kier alpha value is -1.74. The Morgan fingerprint density at radius 1 is 1.30 bits per heavy atom. The molecule has 0 bridgehead atoms. The predicted octanol–water partition coefficient (Wildman–Crippen LogP) is 3.50. The van der Waals surface area contributed by atoms with Crippen LogP contribution in [-0.4, -0.2) is 13.1 Å². The maximum Gasteiger partial charge on any atom is 0.0952 e. The first-order chi connectivity index (χ1) is 9.60. The van der Waals surface area contributed by atoms with Crippen molar-refractivity contribution in [3.05, 3.63) is 53.5 Å². The molecule has 0 amide bonds. The van der Waals surface area contributed by atoms with Crippen molar-refractivity contribution in [1.82, 2.24) is 0 Å². The first kappa shape index (κ1) is 14.7. The molecule has 0 radical (unpaired) electrons. The Morgan fingerprint density at radius 2 is 2.10 bits per heavy atom. The van der Waals surface area contributed by atoms with Crippen molar-refractivity contribution in [1.29, 1.82) is 0 Å². The second-order valence-electron chi connectivity index (χ2n) is 5.47. The number of rotatable bonds is 6. The van der Waals surface area contributed by atoms with Crippen molar-refractivity contribution in [3.8, 4) is 0 Å². The van der Waals surface area contributed by atoms with E-state index in [4.69, 9.17) is 10.2 Å². The zero-order chi connectivity index (χ0) is 14.5. The topological polar surface area (TPSA) is 42.4 Å².